The van der Waals surface area contributed by atoms with Gasteiger partial charge in [0.1, 0.15) is 5.75 Å². The van der Waals surface area contributed by atoms with Crippen molar-refractivity contribution in [2.75, 3.05) is 13.2 Å². The van der Waals surface area contributed by atoms with Crippen LogP contribution in [0.2, 0.25) is 0 Å². The standard InChI is InChI=1S/C27H29N7O3/c1-2-29-26(35)19-5-9-22(10-6-19)34-24(25(31-32-34)27(36)30-20-7-8-20)4-3-17-37-23-13-11-21(12-14-23)33-16-15-28-18-33/h5-6,9-16,18,20H,2-4,7-8,17H2,1H3,(H,29,35)(H,30,36). The number of nitrogens with zero attached hydrogens (tertiary/aromatic N) is 5. The molecule has 5 rings (SSSR count). The van der Waals surface area contributed by atoms with Crippen LogP contribution in [0.5, 0.6) is 5.75 Å². The Labute approximate surface area is 214 Å². The van der Waals surface area contributed by atoms with E-state index in [1.54, 1.807) is 29.3 Å². The van der Waals surface area contributed by atoms with Crippen LogP contribution < -0.4 is 15.4 Å². The molecule has 2 amide bonds. The summed E-state index contributed by atoms with van der Waals surface area (Å²) in [5.41, 5.74) is 3.33. The van der Waals surface area contributed by atoms with Crippen LogP contribution in [0.3, 0.4) is 0 Å². The molecule has 2 aromatic heterocycles. The molecule has 2 heterocycles. The summed E-state index contributed by atoms with van der Waals surface area (Å²) in [6, 6.07) is 15.1. The molecule has 10 heteroatoms. The fourth-order valence-corrected chi connectivity index (χ4v) is 3.96. The third-order valence-electron chi connectivity index (χ3n) is 6.07. The first-order valence-corrected chi connectivity index (χ1v) is 12.5. The van der Waals surface area contributed by atoms with Crippen molar-refractivity contribution in [3.05, 3.63) is 84.2 Å². The van der Waals surface area contributed by atoms with E-state index in [9.17, 15) is 9.59 Å². The Kier molecular flexibility index (Phi) is 7.25. The Bertz CT molecular complexity index is 1340. The highest BCUT2D eigenvalue weighted by molar-refractivity contribution is 5.94. The quantitative estimate of drug-likeness (QED) is 0.307. The number of carbonyl (C=O) groups is 2. The highest BCUT2D eigenvalue weighted by Crippen LogP contribution is 2.21. The van der Waals surface area contributed by atoms with E-state index in [0.29, 0.717) is 42.9 Å². The van der Waals surface area contributed by atoms with Crippen molar-refractivity contribution in [3.8, 4) is 17.1 Å². The fraction of sp³-hybridized carbons (Fsp3) is 0.296. The van der Waals surface area contributed by atoms with Gasteiger partial charge in [-0.25, -0.2) is 9.67 Å². The van der Waals surface area contributed by atoms with Crippen LogP contribution in [-0.4, -0.2) is 55.6 Å². The SMILES string of the molecule is CCNC(=O)c1ccc(-n2nnc(C(=O)NC3CC3)c2CCCOc2ccc(-n3ccnc3)cc2)cc1. The van der Waals surface area contributed by atoms with Gasteiger partial charge in [0.25, 0.3) is 11.8 Å². The zero-order valence-corrected chi connectivity index (χ0v) is 20.6. The van der Waals surface area contributed by atoms with Crippen LogP contribution in [0.4, 0.5) is 0 Å². The lowest BCUT2D eigenvalue weighted by Gasteiger charge is -2.11. The number of imidazole rings is 1. The van der Waals surface area contributed by atoms with E-state index in [-0.39, 0.29) is 17.9 Å². The molecule has 1 aliphatic rings. The molecule has 2 N–H and O–H groups in total. The molecular formula is C27H29N7O3. The molecule has 0 saturated heterocycles. The first-order chi connectivity index (χ1) is 18.1. The summed E-state index contributed by atoms with van der Waals surface area (Å²) in [7, 11) is 0. The van der Waals surface area contributed by atoms with Gasteiger partial charge in [-0.15, -0.1) is 5.10 Å². The van der Waals surface area contributed by atoms with Gasteiger partial charge in [-0.3, -0.25) is 9.59 Å². The lowest BCUT2D eigenvalue weighted by molar-refractivity contribution is 0.0940. The zero-order valence-electron chi connectivity index (χ0n) is 20.6. The summed E-state index contributed by atoms with van der Waals surface area (Å²) in [6.45, 7) is 2.90. The second kappa shape index (κ2) is 11.1. The van der Waals surface area contributed by atoms with Gasteiger partial charge in [0.05, 0.1) is 24.3 Å². The third kappa shape index (κ3) is 5.85. The predicted molar refractivity (Wildman–Crippen MR) is 137 cm³/mol. The van der Waals surface area contributed by atoms with E-state index in [0.717, 1.165) is 30.0 Å². The average molecular weight is 500 g/mol. The molecule has 4 aromatic rings. The molecule has 0 atom stereocenters. The maximum Gasteiger partial charge on any atom is 0.273 e. The summed E-state index contributed by atoms with van der Waals surface area (Å²) in [5.74, 6) is 0.425. The summed E-state index contributed by atoms with van der Waals surface area (Å²) in [6.07, 6.45) is 8.56. The number of hydrogen-bond donors (Lipinski definition) is 2. The molecular weight excluding hydrogens is 470 g/mol. The van der Waals surface area contributed by atoms with Crippen molar-refractivity contribution >= 4 is 11.8 Å². The van der Waals surface area contributed by atoms with E-state index in [1.807, 2.05) is 54.1 Å². The Morgan fingerprint density at radius 1 is 1.03 bits per heavy atom. The van der Waals surface area contributed by atoms with E-state index in [1.165, 1.54) is 0 Å². The molecule has 37 heavy (non-hydrogen) atoms. The minimum atomic E-state index is -0.210. The van der Waals surface area contributed by atoms with Crippen molar-refractivity contribution in [2.45, 2.75) is 38.6 Å². The number of aromatic nitrogens is 5. The van der Waals surface area contributed by atoms with Crippen molar-refractivity contribution in [2.24, 2.45) is 0 Å². The van der Waals surface area contributed by atoms with Gasteiger partial charge in [0, 0.05) is 36.2 Å². The molecule has 0 spiro atoms. The number of amides is 2. The smallest absolute Gasteiger partial charge is 0.273 e. The summed E-state index contributed by atoms with van der Waals surface area (Å²) in [4.78, 5) is 29.0. The molecule has 0 unspecified atom stereocenters. The zero-order chi connectivity index (χ0) is 25.6. The lowest BCUT2D eigenvalue weighted by atomic mass is 10.1. The first-order valence-electron chi connectivity index (χ1n) is 12.5. The van der Waals surface area contributed by atoms with Gasteiger partial charge in [-0.1, -0.05) is 5.21 Å². The molecule has 0 bridgehead atoms. The minimum Gasteiger partial charge on any atom is -0.494 e. The highest BCUT2D eigenvalue weighted by Gasteiger charge is 2.27. The normalized spacial score (nSPS) is 12.8. The summed E-state index contributed by atoms with van der Waals surface area (Å²) >= 11 is 0. The maximum atomic E-state index is 12.8. The van der Waals surface area contributed by atoms with Gasteiger partial charge in [0.15, 0.2) is 5.69 Å². The fourth-order valence-electron chi connectivity index (χ4n) is 3.96. The molecule has 1 aliphatic carbocycles. The second-order valence-electron chi connectivity index (χ2n) is 8.87. The Morgan fingerprint density at radius 2 is 1.78 bits per heavy atom. The lowest BCUT2D eigenvalue weighted by Crippen LogP contribution is -2.27. The second-order valence-corrected chi connectivity index (χ2v) is 8.87. The highest BCUT2D eigenvalue weighted by atomic mass is 16.5. The van der Waals surface area contributed by atoms with Crippen molar-refractivity contribution in [1.82, 2.24) is 35.2 Å². The van der Waals surface area contributed by atoms with E-state index < -0.39 is 0 Å². The molecule has 2 aromatic carbocycles. The predicted octanol–water partition coefficient (Wildman–Crippen LogP) is 3.11. The van der Waals surface area contributed by atoms with Crippen LogP contribution in [0, 0.1) is 0 Å². The van der Waals surface area contributed by atoms with Crippen LogP contribution >= 0.6 is 0 Å². The van der Waals surface area contributed by atoms with Crippen molar-refractivity contribution in [1.29, 1.82) is 0 Å². The molecule has 0 radical (unpaired) electrons. The van der Waals surface area contributed by atoms with Crippen molar-refractivity contribution < 1.29 is 14.3 Å². The number of benzene rings is 2. The molecule has 1 fully saturated rings. The Balaban J connectivity index is 1.27. The maximum absolute atomic E-state index is 12.8. The van der Waals surface area contributed by atoms with Crippen molar-refractivity contribution in [3.63, 3.8) is 0 Å². The van der Waals surface area contributed by atoms with Crippen LogP contribution in [0.15, 0.2) is 67.3 Å². The van der Waals surface area contributed by atoms with E-state index in [4.69, 9.17) is 4.74 Å². The summed E-state index contributed by atoms with van der Waals surface area (Å²) in [5, 5.41) is 14.3. The largest absolute Gasteiger partial charge is 0.494 e. The van der Waals surface area contributed by atoms with E-state index >= 15 is 0 Å². The number of ether oxygens (including phenoxy) is 1. The van der Waals surface area contributed by atoms with Gasteiger partial charge in [0.2, 0.25) is 0 Å². The monoisotopic (exact) mass is 499 g/mol. The topological polar surface area (TPSA) is 116 Å². The van der Waals surface area contributed by atoms with Crippen LogP contribution in [0.25, 0.3) is 11.4 Å². The number of rotatable bonds is 11. The third-order valence-corrected chi connectivity index (χ3v) is 6.07. The molecule has 1 saturated carbocycles. The Morgan fingerprint density at radius 3 is 2.46 bits per heavy atom. The molecule has 0 aliphatic heterocycles. The number of carbonyl (C=O) groups excluding carboxylic acids is 2. The number of hydrogen-bond acceptors (Lipinski definition) is 6. The van der Waals surface area contributed by atoms with Crippen LogP contribution in [-0.2, 0) is 6.42 Å². The Hall–Kier alpha value is -4.47. The number of nitrogens with one attached hydrogen (secondary N) is 2. The van der Waals surface area contributed by atoms with Gasteiger partial charge in [-0.05, 0) is 81.1 Å². The molecule has 190 valence electrons. The minimum absolute atomic E-state index is 0.132. The summed E-state index contributed by atoms with van der Waals surface area (Å²) < 4.78 is 9.54. The molecule has 10 nitrogen and oxygen atoms in total. The average Bonchev–Trinajstić information content (AvgIpc) is 3.39. The van der Waals surface area contributed by atoms with Gasteiger partial charge in [-0.2, -0.15) is 0 Å². The van der Waals surface area contributed by atoms with Gasteiger partial charge >= 0.3 is 0 Å². The van der Waals surface area contributed by atoms with Gasteiger partial charge < -0.3 is 19.9 Å². The van der Waals surface area contributed by atoms with E-state index in [2.05, 4.69) is 25.9 Å². The first kappa shape index (κ1) is 24.2. The van der Waals surface area contributed by atoms with Crippen LogP contribution in [0.1, 0.15) is 52.7 Å².